The Kier molecular flexibility index (Phi) is 4.65. The van der Waals surface area contributed by atoms with Crippen molar-refractivity contribution in [2.75, 3.05) is 6.54 Å². The lowest BCUT2D eigenvalue weighted by molar-refractivity contribution is -0.121. The predicted molar refractivity (Wildman–Crippen MR) is 107 cm³/mol. The zero-order chi connectivity index (χ0) is 19.7. The lowest BCUT2D eigenvalue weighted by Crippen LogP contribution is -2.42. The largest absolute Gasteiger partial charge is 0.350 e. The molecule has 0 fully saturated rings. The number of carbonyl (C=O) groups is 3. The lowest BCUT2D eigenvalue weighted by atomic mass is 9.94. The molecule has 1 atom stereocenters. The normalized spacial score (nSPS) is 14.2. The van der Waals surface area contributed by atoms with Gasteiger partial charge in [0.1, 0.15) is 0 Å². The second-order valence-electron chi connectivity index (χ2n) is 6.92. The molecule has 1 N–H and O–H groups in total. The Hall–Kier alpha value is -3.47. The van der Waals surface area contributed by atoms with Crippen LogP contribution in [0.4, 0.5) is 0 Å². The number of rotatable bonds is 5. The van der Waals surface area contributed by atoms with Crippen molar-refractivity contribution in [3.63, 3.8) is 0 Å². The van der Waals surface area contributed by atoms with Gasteiger partial charge in [-0.25, -0.2) is 0 Å². The van der Waals surface area contributed by atoms with Crippen molar-refractivity contribution in [1.82, 2.24) is 10.2 Å². The van der Waals surface area contributed by atoms with Gasteiger partial charge in [0.25, 0.3) is 11.8 Å². The molecule has 3 aromatic rings. The Morgan fingerprint density at radius 1 is 0.893 bits per heavy atom. The molecule has 140 valence electrons. The lowest BCUT2D eigenvalue weighted by Gasteiger charge is -2.27. The Balaban J connectivity index is 1.48. The fourth-order valence-electron chi connectivity index (χ4n) is 3.64. The first-order valence-electron chi connectivity index (χ1n) is 9.28. The van der Waals surface area contributed by atoms with Crippen molar-refractivity contribution in [2.45, 2.75) is 19.4 Å². The molecule has 0 saturated carbocycles. The van der Waals surface area contributed by atoms with Crippen LogP contribution in [0.1, 0.15) is 45.7 Å². The maximum absolute atomic E-state index is 12.8. The van der Waals surface area contributed by atoms with Crippen LogP contribution in [0, 0.1) is 0 Å². The molecular formula is C23H20N2O3. The minimum Gasteiger partial charge on any atom is -0.350 e. The monoisotopic (exact) mass is 372 g/mol. The average molecular weight is 372 g/mol. The van der Waals surface area contributed by atoms with Crippen LogP contribution in [0.3, 0.4) is 0 Å². The number of carbonyl (C=O) groups excluding carboxylic acids is 3. The summed E-state index contributed by atoms with van der Waals surface area (Å²) < 4.78 is 0. The molecule has 3 amide bonds. The number of imide groups is 1. The summed E-state index contributed by atoms with van der Waals surface area (Å²) in [6, 6.07) is 20.3. The topological polar surface area (TPSA) is 66.5 Å². The maximum atomic E-state index is 12.8. The highest BCUT2D eigenvalue weighted by Gasteiger charge is 2.32. The quantitative estimate of drug-likeness (QED) is 0.695. The average Bonchev–Trinajstić information content (AvgIpc) is 2.72. The summed E-state index contributed by atoms with van der Waals surface area (Å²) in [5.41, 5.74) is 2.01. The van der Waals surface area contributed by atoms with E-state index < -0.39 is 0 Å². The highest BCUT2D eigenvalue weighted by Crippen LogP contribution is 2.29. The van der Waals surface area contributed by atoms with Crippen LogP contribution >= 0.6 is 0 Å². The molecule has 1 aliphatic rings. The second kappa shape index (κ2) is 7.27. The van der Waals surface area contributed by atoms with E-state index in [1.54, 1.807) is 12.1 Å². The van der Waals surface area contributed by atoms with Gasteiger partial charge < -0.3 is 5.32 Å². The van der Waals surface area contributed by atoms with Crippen LogP contribution in [0.15, 0.2) is 66.7 Å². The van der Waals surface area contributed by atoms with Gasteiger partial charge in [-0.1, -0.05) is 54.6 Å². The van der Waals surface area contributed by atoms with Gasteiger partial charge in [0.05, 0.1) is 6.04 Å². The Bertz CT molecular complexity index is 1020. The van der Waals surface area contributed by atoms with E-state index >= 15 is 0 Å². The summed E-state index contributed by atoms with van der Waals surface area (Å²) in [5, 5.41) is 4.48. The summed E-state index contributed by atoms with van der Waals surface area (Å²) in [7, 11) is 0. The van der Waals surface area contributed by atoms with Gasteiger partial charge in [-0.2, -0.15) is 0 Å². The van der Waals surface area contributed by atoms with Crippen LogP contribution in [0.2, 0.25) is 0 Å². The molecule has 0 saturated heterocycles. The number of nitrogens with one attached hydrogen (secondary N) is 1. The fraction of sp³-hybridized carbons (Fsp3) is 0.174. The molecule has 28 heavy (non-hydrogen) atoms. The van der Waals surface area contributed by atoms with E-state index in [0.29, 0.717) is 16.5 Å². The fourth-order valence-corrected chi connectivity index (χ4v) is 3.64. The van der Waals surface area contributed by atoms with Gasteiger partial charge in [-0.05, 0) is 30.0 Å². The zero-order valence-electron chi connectivity index (χ0n) is 15.5. The van der Waals surface area contributed by atoms with Crippen molar-refractivity contribution in [3.8, 4) is 0 Å². The van der Waals surface area contributed by atoms with E-state index in [9.17, 15) is 14.4 Å². The third kappa shape index (κ3) is 3.16. The summed E-state index contributed by atoms with van der Waals surface area (Å²) in [6.45, 7) is 1.96. The van der Waals surface area contributed by atoms with Crippen molar-refractivity contribution in [1.29, 1.82) is 0 Å². The van der Waals surface area contributed by atoms with E-state index in [1.807, 2.05) is 61.5 Å². The molecule has 0 spiro atoms. The zero-order valence-corrected chi connectivity index (χ0v) is 15.5. The van der Waals surface area contributed by atoms with Gasteiger partial charge in [-0.3, -0.25) is 19.3 Å². The molecule has 3 aromatic carbocycles. The van der Waals surface area contributed by atoms with Gasteiger partial charge >= 0.3 is 0 Å². The summed E-state index contributed by atoms with van der Waals surface area (Å²) >= 11 is 0. The number of nitrogens with zero attached hydrogens (tertiary/aromatic N) is 1. The Morgan fingerprint density at radius 2 is 1.50 bits per heavy atom. The summed E-state index contributed by atoms with van der Waals surface area (Å²) in [4.78, 5) is 39.2. The van der Waals surface area contributed by atoms with Crippen molar-refractivity contribution < 1.29 is 14.4 Å². The predicted octanol–water partition coefficient (Wildman–Crippen LogP) is 3.70. The molecular weight excluding hydrogens is 352 g/mol. The van der Waals surface area contributed by atoms with Crippen molar-refractivity contribution in [3.05, 3.63) is 83.4 Å². The van der Waals surface area contributed by atoms with Gasteiger partial charge in [0.2, 0.25) is 5.91 Å². The number of hydrogen-bond donors (Lipinski definition) is 1. The first kappa shape index (κ1) is 17.9. The van der Waals surface area contributed by atoms with Gasteiger partial charge in [-0.15, -0.1) is 0 Å². The molecule has 1 heterocycles. The van der Waals surface area contributed by atoms with Crippen LogP contribution in [-0.4, -0.2) is 29.2 Å². The molecule has 5 heteroatoms. The van der Waals surface area contributed by atoms with Crippen LogP contribution in [0.25, 0.3) is 10.8 Å². The number of benzene rings is 3. The second-order valence-corrected chi connectivity index (χ2v) is 6.92. The van der Waals surface area contributed by atoms with Crippen LogP contribution in [0.5, 0.6) is 0 Å². The molecule has 0 bridgehead atoms. The third-order valence-corrected chi connectivity index (χ3v) is 5.10. The van der Waals surface area contributed by atoms with E-state index in [2.05, 4.69) is 5.32 Å². The first-order chi connectivity index (χ1) is 13.6. The van der Waals surface area contributed by atoms with E-state index in [0.717, 1.165) is 10.9 Å². The van der Waals surface area contributed by atoms with Crippen molar-refractivity contribution >= 4 is 28.5 Å². The number of amides is 3. The van der Waals surface area contributed by atoms with E-state index in [4.69, 9.17) is 0 Å². The Morgan fingerprint density at radius 3 is 2.11 bits per heavy atom. The van der Waals surface area contributed by atoms with Crippen LogP contribution in [-0.2, 0) is 4.79 Å². The molecule has 4 rings (SSSR count). The first-order valence-corrected chi connectivity index (χ1v) is 9.28. The standard InChI is InChI=1S/C23H20N2O3/c1-15(16-7-3-2-4-8-16)24-20(26)13-14-25-22(27)18-11-5-9-17-10-6-12-19(21(17)18)23(25)28/h2-12,15H,13-14H2,1H3,(H,24,26). The minimum absolute atomic E-state index is 0.0513. The molecule has 1 aliphatic heterocycles. The highest BCUT2D eigenvalue weighted by atomic mass is 16.2. The van der Waals surface area contributed by atoms with Gasteiger partial charge in [0, 0.05) is 29.5 Å². The molecule has 5 nitrogen and oxygen atoms in total. The van der Waals surface area contributed by atoms with E-state index in [1.165, 1.54) is 4.90 Å². The highest BCUT2D eigenvalue weighted by molar-refractivity contribution is 6.25. The summed E-state index contributed by atoms with van der Waals surface area (Å²) in [5.74, 6) is -0.898. The third-order valence-electron chi connectivity index (χ3n) is 5.10. The smallest absolute Gasteiger partial charge is 0.261 e. The van der Waals surface area contributed by atoms with Crippen molar-refractivity contribution in [2.24, 2.45) is 0 Å². The van der Waals surface area contributed by atoms with Crippen LogP contribution < -0.4 is 5.32 Å². The maximum Gasteiger partial charge on any atom is 0.261 e. The molecule has 0 aliphatic carbocycles. The van der Waals surface area contributed by atoms with Gasteiger partial charge in [0.15, 0.2) is 0 Å². The Labute approximate surface area is 163 Å². The molecule has 0 radical (unpaired) electrons. The molecule has 0 aromatic heterocycles. The minimum atomic E-state index is -0.349. The molecule has 1 unspecified atom stereocenters. The summed E-state index contributed by atoms with van der Waals surface area (Å²) in [6.07, 6.45) is 0.0623. The number of hydrogen-bond acceptors (Lipinski definition) is 3. The van der Waals surface area contributed by atoms with E-state index in [-0.39, 0.29) is 36.7 Å². The SMILES string of the molecule is CC(NC(=O)CCN1C(=O)c2cccc3cccc(c23)C1=O)c1ccccc1.